The Morgan fingerprint density at radius 2 is 2.24 bits per heavy atom. The third kappa shape index (κ3) is 3.36. The van der Waals surface area contributed by atoms with Gasteiger partial charge in [0.05, 0.1) is 10.6 Å². The number of rotatable bonds is 2. The summed E-state index contributed by atoms with van der Waals surface area (Å²) < 4.78 is 0. The van der Waals surface area contributed by atoms with Crippen molar-refractivity contribution in [1.82, 2.24) is 5.32 Å². The minimum absolute atomic E-state index is 0.494. The highest BCUT2D eigenvalue weighted by Gasteiger charge is 2.11. The van der Waals surface area contributed by atoms with Gasteiger partial charge in [0.15, 0.2) is 0 Å². The SMILES string of the molecule is N#Cc1ccc(NC2CCCNCC2)cc1Cl. The van der Waals surface area contributed by atoms with Gasteiger partial charge in [-0.25, -0.2) is 0 Å². The maximum Gasteiger partial charge on any atom is 0.101 e. The molecule has 1 aliphatic heterocycles. The number of nitrogens with one attached hydrogen (secondary N) is 2. The molecule has 1 aliphatic rings. The molecule has 4 heteroatoms. The van der Waals surface area contributed by atoms with Crippen LogP contribution < -0.4 is 10.6 Å². The molecule has 1 unspecified atom stereocenters. The summed E-state index contributed by atoms with van der Waals surface area (Å²) in [6, 6.07) is 8.08. The molecule has 1 aromatic carbocycles. The van der Waals surface area contributed by atoms with Gasteiger partial charge < -0.3 is 10.6 Å². The van der Waals surface area contributed by atoms with E-state index < -0.39 is 0 Å². The summed E-state index contributed by atoms with van der Waals surface area (Å²) in [6.07, 6.45) is 3.49. The first-order chi connectivity index (χ1) is 8.29. The minimum atomic E-state index is 0.494. The number of nitrogens with zero attached hydrogens (tertiary/aromatic N) is 1. The van der Waals surface area contributed by atoms with E-state index in [1.54, 1.807) is 6.07 Å². The molecule has 2 rings (SSSR count). The van der Waals surface area contributed by atoms with Crippen molar-refractivity contribution in [3.05, 3.63) is 28.8 Å². The molecule has 90 valence electrons. The first-order valence-corrected chi connectivity index (χ1v) is 6.34. The second-order valence-corrected chi connectivity index (χ2v) is 4.74. The van der Waals surface area contributed by atoms with Crippen LogP contribution in [0, 0.1) is 11.3 Å². The van der Waals surface area contributed by atoms with E-state index in [2.05, 4.69) is 16.7 Å². The summed E-state index contributed by atoms with van der Waals surface area (Å²) in [5.74, 6) is 0. The molecule has 0 spiro atoms. The second kappa shape index (κ2) is 5.90. The van der Waals surface area contributed by atoms with Gasteiger partial charge in [-0.1, -0.05) is 11.6 Å². The molecule has 0 bridgehead atoms. The third-order valence-electron chi connectivity index (χ3n) is 3.04. The van der Waals surface area contributed by atoms with Crippen LogP contribution in [0.1, 0.15) is 24.8 Å². The lowest BCUT2D eigenvalue weighted by Crippen LogP contribution is -2.21. The first kappa shape index (κ1) is 12.2. The smallest absolute Gasteiger partial charge is 0.101 e. The largest absolute Gasteiger partial charge is 0.382 e. The van der Waals surface area contributed by atoms with Crippen molar-refractivity contribution in [2.45, 2.75) is 25.3 Å². The Balaban J connectivity index is 2.03. The van der Waals surface area contributed by atoms with E-state index in [0.29, 0.717) is 16.6 Å². The summed E-state index contributed by atoms with van der Waals surface area (Å²) in [6.45, 7) is 2.16. The second-order valence-electron chi connectivity index (χ2n) is 4.33. The van der Waals surface area contributed by atoms with Crippen LogP contribution in [0.3, 0.4) is 0 Å². The minimum Gasteiger partial charge on any atom is -0.382 e. The predicted molar refractivity (Wildman–Crippen MR) is 70.3 cm³/mol. The van der Waals surface area contributed by atoms with Crippen molar-refractivity contribution in [3.63, 3.8) is 0 Å². The average molecular weight is 250 g/mol. The molecule has 0 aromatic heterocycles. The van der Waals surface area contributed by atoms with Gasteiger partial charge in [0, 0.05) is 11.7 Å². The molecule has 0 saturated carbocycles. The molecule has 1 fully saturated rings. The Hall–Kier alpha value is -1.24. The van der Waals surface area contributed by atoms with E-state index in [0.717, 1.165) is 25.2 Å². The van der Waals surface area contributed by atoms with Gasteiger partial charge >= 0.3 is 0 Å². The molecule has 0 aliphatic carbocycles. The van der Waals surface area contributed by atoms with Gasteiger partial charge in [0.25, 0.3) is 0 Å². The predicted octanol–water partition coefficient (Wildman–Crippen LogP) is 2.77. The van der Waals surface area contributed by atoms with E-state index in [1.165, 1.54) is 12.8 Å². The fourth-order valence-corrected chi connectivity index (χ4v) is 2.32. The van der Waals surface area contributed by atoms with Crippen LogP contribution in [0.15, 0.2) is 18.2 Å². The fourth-order valence-electron chi connectivity index (χ4n) is 2.09. The number of benzene rings is 1. The van der Waals surface area contributed by atoms with Crippen molar-refractivity contribution >= 4 is 17.3 Å². The Morgan fingerprint density at radius 3 is 3.00 bits per heavy atom. The Morgan fingerprint density at radius 1 is 1.35 bits per heavy atom. The summed E-state index contributed by atoms with van der Waals surface area (Å²) in [4.78, 5) is 0. The van der Waals surface area contributed by atoms with Crippen LogP contribution in [0.4, 0.5) is 5.69 Å². The molecule has 2 N–H and O–H groups in total. The molecule has 1 heterocycles. The number of anilines is 1. The lowest BCUT2D eigenvalue weighted by molar-refractivity contribution is 0.637. The van der Waals surface area contributed by atoms with Gasteiger partial charge in [-0.2, -0.15) is 5.26 Å². The first-order valence-electron chi connectivity index (χ1n) is 5.96. The Kier molecular flexibility index (Phi) is 4.24. The highest BCUT2D eigenvalue weighted by atomic mass is 35.5. The quantitative estimate of drug-likeness (QED) is 0.847. The van der Waals surface area contributed by atoms with Crippen LogP contribution in [-0.4, -0.2) is 19.1 Å². The van der Waals surface area contributed by atoms with Gasteiger partial charge in [0.2, 0.25) is 0 Å². The Bertz CT molecular complexity index is 417. The zero-order valence-electron chi connectivity index (χ0n) is 9.67. The number of halogens is 1. The van der Waals surface area contributed by atoms with Crippen molar-refractivity contribution in [1.29, 1.82) is 5.26 Å². The standard InChI is InChI=1S/C13H16ClN3/c14-13-8-12(4-3-10(13)9-15)17-11-2-1-6-16-7-5-11/h3-4,8,11,16-17H,1-2,5-7H2. The summed E-state index contributed by atoms with van der Waals surface area (Å²) in [5, 5.41) is 16.2. The zero-order valence-corrected chi connectivity index (χ0v) is 10.4. The van der Waals surface area contributed by atoms with Gasteiger partial charge in [-0.15, -0.1) is 0 Å². The normalized spacial score (nSPS) is 20.4. The van der Waals surface area contributed by atoms with Gasteiger partial charge in [-0.05, 0) is 50.6 Å². The van der Waals surface area contributed by atoms with Crippen LogP contribution in [0.2, 0.25) is 5.02 Å². The maximum atomic E-state index is 8.80. The molecule has 17 heavy (non-hydrogen) atoms. The van der Waals surface area contributed by atoms with Crippen molar-refractivity contribution < 1.29 is 0 Å². The fraction of sp³-hybridized carbons (Fsp3) is 0.462. The van der Waals surface area contributed by atoms with Crippen LogP contribution in [0.5, 0.6) is 0 Å². The zero-order chi connectivity index (χ0) is 12.1. The average Bonchev–Trinajstić information content (AvgIpc) is 2.58. The summed E-state index contributed by atoms with van der Waals surface area (Å²) >= 11 is 6.00. The lowest BCUT2D eigenvalue weighted by atomic mass is 10.1. The highest BCUT2D eigenvalue weighted by molar-refractivity contribution is 6.32. The van der Waals surface area contributed by atoms with Crippen molar-refractivity contribution in [3.8, 4) is 6.07 Å². The molecular weight excluding hydrogens is 234 g/mol. The van der Waals surface area contributed by atoms with E-state index in [4.69, 9.17) is 16.9 Å². The topological polar surface area (TPSA) is 47.9 Å². The van der Waals surface area contributed by atoms with Crippen LogP contribution in [-0.2, 0) is 0 Å². The van der Waals surface area contributed by atoms with Gasteiger partial charge in [-0.3, -0.25) is 0 Å². The third-order valence-corrected chi connectivity index (χ3v) is 3.35. The Labute approximate surface area is 107 Å². The van der Waals surface area contributed by atoms with Crippen molar-refractivity contribution in [2.75, 3.05) is 18.4 Å². The van der Waals surface area contributed by atoms with E-state index >= 15 is 0 Å². The molecule has 3 nitrogen and oxygen atoms in total. The monoisotopic (exact) mass is 249 g/mol. The molecular formula is C13H16ClN3. The molecule has 1 aromatic rings. The molecule has 1 atom stereocenters. The maximum absolute atomic E-state index is 8.80. The van der Waals surface area contributed by atoms with Crippen molar-refractivity contribution in [2.24, 2.45) is 0 Å². The van der Waals surface area contributed by atoms with Gasteiger partial charge in [0.1, 0.15) is 6.07 Å². The van der Waals surface area contributed by atoms with E-state index in [9.17, 15) is 0 Å². The van der Waals surface area contributed by atoms with E-state index in [-0.39, 0.29) is 0 Å². The molecule has 0 amide bonds. The number of hydrogen-bond acceptors (Lipinski definition) is 3. The van der Waals surface area contributed by atoms with Crippen LogP contribution in [0.25, 0.3) is 0 Å². The molecule has 1 saturated heterocycles. The summed E-state index contributed by atoms with van der Waals surface area (Å²) in [7, 11) is 0. The summed E-state index contributed by atoms with van der Waals surface area (Å²) in [5.41, 5.74) is 1.53. The lowest BCUT2D eigenvalue weighted by Gasteiger charge is -2.17. The molecule has 0 radical (unpaired) electrons. The van der Waals surface area contributed by atoms with Crippen LogP contribution >= 0.6 is 11.6 Å². The number of hydrogen-bond donors (Lipinski definition) is 2. The number of nitriles is 1. The highest BCUT2D eigenvalue weighted by Crippen LogP contribution is 2.22. The van der Waals surface area contributed by atoms with E-state index in [1.807, 2.05) is 12.1 Å².